The zero-order valence-corrected chi connectivity index (χ0v) is 14.3. The van der Waals surface area contributed by atoms with Gasteiger partial charge in [0, 0.05) is 24.1 Å². The zero-order valence-electron chi connectivity index (χ0n) is 14.3. The van der Waals surface area contributed by atoms with E-state index in [4.69, 9.17) is 9.72 Å². The third-order valence-corrected chi connectivity index (χ3v) is 4.82. The Balaban J connectivity index is 1.64. The molecule has 26 heavy (non-hydrogen) atoms. The van der Waals surface area contributed by atoms with Crippen LogP contribution in [0.25, 0.3) is 27.8 Å². The molecular formula is C20H19N5O. The second kappa shape index (κ2) is 6.38. The van der Waals surface area contributed by atoms with Crippen molar-refractivity contribution in [3.63, 3.8) is 0 Å². The molecule has 3 heterocycles. The van der Waals surface area contributed by atoms with Gasteiger partial charge in [-0.25, -0.2) is 4.98 Å². The van der Waals surface area contributed by atoms with E-state index in [2.05, 4.69) is 21.7 Å². The summed E-state index contributed by atoms with van der Waals surface area (Å²) < 4.78 is 7.55. The second-order valence-corrected chi connectivity index (χ2v) is 6.53. The van der Waals surface area contributed by atoms with E-state index in [1.807, 2.05) is 53.0 Å². The Bertz CT molecular complexity index is 1050. The Labute approximate surface area is 150 Å². The topological polar surface area (TPSA) is 64.3 Å². The molecular weight excluding hydrogens is 326 g/mol. The molecule has 0 unspecified atom stereocenters. The largest absolute Gasteiger partial charge is 0.376 e. The molecule has 0 saturated carbocycles. The van der Waals surface area contributed by atoms with E-state index in [-0.39, 0.29) is 6.10 Å². The summed E-state index contributed by atoms with van der Waals surface area (Å²) in [7, 11) is 0. The van der Waals surface area contributed by atoms with Gasteiger partial charge in [0.1, 0.15) is 11.5 Å². The number of para-hydroxylation sites is 1. The molecule has 6 nitrogen and oxygen atoms in total. The minimum atomic E-state index is 0.253. The van der Waals surface area contributed by atoms with Crippen LogP contribution in [0.3, 0.4) is 0 Å². The van der Waals surface area contributed by atoms with E-state index in [0.29, 0.717) is 0 Å². The Morgan fingerprint density at radius 1 is 1.08 bits per heavy atom. The lowest BCUT2D eigenvalue weighted by Gasteiger charge is -2.13. The summed E-state index contributed by atoms with van der Waals surface area (Å²) in [6.45, 7) is 1.61. The Hall–Kier alpha value is -2.99. The smallest absolute Gasteiger partial charge is 0.186 e. The highest BCUT2D eigenvalue weighted by Crippen LogP contribution is 2.28. The molecule has 0 amide bonds. The molecule has 0 radical (unpaired) electrons. The first kappa shape index (κ1) is 15.3. The van der Waals surface area contributed by atoms with Gasteiger partial charge in [-0.15, -0.1) is 5.10 Å². The third kappa shape index (κ3) is 2.59. The minimum Gasteiger partial charge on any atom is -0.376 e. The predicted octanol–water partition coefficient (Wildman–Crippen LogP) is 3.54. The normalized spacial score (nSPS) is 17.2. The number of nitrogens with one attached hydrogen (secondary N) is 1. The molecule has 1 saturated heterocycles. The van der Waals surface area contributed by atoms with E-state index in [1.54, 1.807) is 0 Å². The maximum atomic E-state index is 5.73. The predicted molar refractivity (Wildman–Crippen MR) is 101 cm³/mol. The fourth-order valence-electron chi connectivity index (χ4n) is 3.50. The average Bonchev–Trinajstić information content (AvgIpc) is 3.36. The van der Waals surface area contributed by atoms with Gasteiger partial charge in [-0.1, -0.05) is 47.7 Å². The summed E-state index contributed by atoms with van der Waals surface area (Å²) in [6, 6.07) is 18.2. The van der Waals surface area contributed by atoms with Crippen molar-refractivity contribution < 1.29 is 4.74 Å². The molecule has 0 bridgehead atoms. The quantitative estimate of drug-likeness (QED) is 0.613. The number of aromatic nitrogens is 4. The summed E-state index contributed by atoms with van der Waals surface area (Å²) in [4.78, 5) is 4.87. The summed E-state index contributed by atoms with van der Waals surface area (Å²) in [5, 5.41) is 13.3. The van der Waals surface area contributed by atoms with Crippen LogP contribution in [-0.4, -0.2) is 39.1 Å². The maximum absolute atomic E-state index is 5.73. The van der Waals surface area contributed by atoms with E-state index in [0.717, 1.165) is 59.6 Å². The summed E-state index contributed by atoms with van der Waals surface area (Å²) in [6.07, 6.45) is 2.48. The summed E-state index contributed by atoms with van der Waals surface area (Å²) >= 11 is 0. The molecule has 6 heteroatoms. The highest BCUT2D eigenvalue weighted by atomic mass is 16.5. The van der Waals surface area contributed by atoms with Gasteiger partial charge in [-0.3, -0.25) is 0 Å². The lowest BCUT2D eigenvalue weighted by molar-refractivity contribution is 0.120. The van der Waals surface area contributed by atoms with Crippen LogP contribution in [0.4, 0.5) is 5.82 Å². The average molecular weight is 345 g/mol. The Kier molecular flexibility index (Phi) is 3.75. The van der Waals surface area contributed by atoms with Crippen LogP contribution in [0.15, 0.2) is 54.6 Å². The number of benzene rings is 2. The lowest BCUT2D eigenvalue weighted by atomic mass is 10.1. The van der Waals surface area contributed by atoms with Crippen LogP contribution in [0, 0.1) is 0 Å². The van der Waals surface area contributed by atoms with E-state index in [1.165, 1.54) is 0 Å². The first-order valence-electron chi connectivity index (χ1n) is 8.95. The van der Waals surface area contributed by atoms with Crippen LogP contribution in [0.2, 0.25) is 0 Å². The fourth-order valence-corrected chi connectivity index (χ4v) is 3.50. The van der Waals surface area contributed by atoms with E-state index < -0.39 is 0 Å². The van der Waals surface area contributed by atoms with Crippen molar-refractivity contribution in [1.82, 2.24) is 19.8 Å². The molecule has 130 valence electrons. The lowest BCUT2D eigenvalue weighted by Crippen LogP contribution is -2.19. The molecule has 4 aromatic rings. The highest BCUT2D eigenvalue weighted by molar-refractivity contribution is 5.93. The van der Waals surface area contributed by atoms with Crippen molar-refractivity contribution in [2.75, 3.05) is 18.5 Å². The number of fused-ring (bicyclic) bond motifs is 3. The zero-order chi connectivity index (χ0) is 17.3. The van der Waals surface area contributed by atoms with Crippen LogP contribution >= 0.6 is 0 Å². The maximum Gasteiger partial charge on any atom is 0.186 e. The van der Waals surface area contributed by atoms with Gasteiger partial charge in [0.2, 0.25) is 0 Å². The van der Waals surface area contributed by atoms with Crippen LogP contribution in [0.5, 0.6) is 0 Å². The van der Waals surface area contributed by atoms with Gasteiger partial charge in [-0.05, 0) is 25.0 Å². The highest BCUT2D eigenvalue weighted by Gasteiger charge is 2.18. The number of hydrogen-bond donors (Lipinski definition) is 1. The molecule has 1 aliphatic rings. The first-order chi connectivity index (χ1) is 12.9. The minimum absolute atomic E-state index is 0.253. The van der Waals surface area contributed by atoms with Gasteiger partial charge < -0.3 is 10.1 Å². The number of anilines is 1. The van der Waals surface area contributed by atoms with Crippen LogP contribution in [0.1, 0.15) is 12.8 Å². The number of rotatable bonds is 4. The molecule has 5 rings (SSSR count). The summed E-state index contributed by atoms with van der Waals surface area (Å²) in [5.74, 6) is 0.850. The Morgan fingerprint density at radius 3 is 2.77 bits per heavy atom. The Morgan fingerprint density at radius 2 is 1.92 bits per heavy atom. The van der Waals surface area contributed by atoms with Crippen LogP contribution in [-0.2, 0) is 4.74 Å². The number of hydrogen-bond acceptors (Lipinski definition) is 5. The van der Waals surface area contributed by atoms with Gasteiger partial charge in [0.05, 0.1) is 11.6 Å². The third-order valence-electron chi connectivity index (χ3n) is 4.82. The molecule has 2 aromatic carbocycles. The molecule has 1 N–H and O–H groups in total. The van der Waals surface area contributed by atoms with E-state index in [9.17, 15) is 0 Å². The van der Waals surface area contributed by atoms with Crippen molar-refractivity contribution in [3.8, 4) is 11.3 Å². The van der Waals surface area contributed by atoms with Crippen molar-refractivity contribution in [2.45, 2.75) is 18.9 Å². The molecule has 2 aromatic heterocycles. The van der Waals surface area contributed by atoms with Crippen molar-refractivity contribution in [3.05, 3.63) is 54.6 Å². The van der Waals surface area contributed by atoms with Gasteiger partial charge >= 0.3 is 0 Å². The molecule has 1 fully saturated rings. The standard InChI is InChI=1S/C20H19N5O/c1-2-7-14(8-3-1)18-20-22-19(21-13-15-9-6-12-26-15)16-10-4-5-11-17(16)25(20)24-23-18/h1-5,7-8,10-11,15H,6,9,12-13H2,(H,21,22)/t15-/m0/s1. The number of ether oxygens (including phenoxy) is 1. The fraction of sp³-hybridized carbons (Fsp3) is 0.250. The van der Waals surface area contributed by atoms with Gasteiger partial charge in [0.25, 0.3) is 0 Å². The van der Waals surface area contributed by atoms with Gasteiger partial charge in [-0.2, -0.15) is 4.52 Å². The van der Waals surface area contributed by atoms with Crippen LogP contribution < -0.4 is 5.32 Å². The van der Waals surface area contributed by atoms with E-state index >= 15 is 0 Å². The summed E-state index contributed by atoms with van der Waals surface area (Å²) in [5.41, 5.74) is 3.54. The second-order valence-electron chi connectivity index (χ2n) is 6.53. The number of nitrogens with zero attached hydrogens (tertiary/aromatic N) is 4. The molecule has 0 aliphatic carbocycles. The monoisotopic (exact) mass is 345 g/mol. The SMILES string of the molecule is c1ccc(-c2nnn3c2nc(NC[C@@H]2CCCO2)c2ccccc23)cc1. The molecule has 1 atom stereocenters. The first-order valence-corrected chi connectivity index (χ1v) is 8.95. The van der Waals surface area contributed by atoms with Crippen molar-refractivity contribution in [2.24, 2.45) is 0 Å². The molecule has 0 spiro atoms. The molecule has 1 aliphatic heterocycles. The van der Waals surface area contributed by atoms with Crippen molar-refractivity contribution >= 4 is 22.4 Å². The van der Waals surface area contributed by atoms with Crippen molar-refractivity contribution in [1.29, 1.82) is 0 Å². The van der Waals surface area contributed by atoms with Gasteiger partial charge in [0.15, 0.2) is 5.65 Å².